The third-order valence-corrected chi connectivity index (χ3v) is 6.66. The number of nitrogens with zero attached hydrogens (tertiary/aromatic N) is 1. The van der Waals surface area contributed by atoms with Gasteiger partial charge in [-0.3, -0.25) is 9.69 Å². The van der Waals surface area contributed by atoms with E-state index in [0.717, 1.165) is 18.2 Å². The van der Waals surface area contributed by atoms with E-state index >= 15 is 0 Å². The zero-order valence-corrected chi connectivity index (χ0v) is 16.6. The molecule has 0 spiro atoms. The van der Waals surface area contributed by atoms with Gasteiger partial charge >= 0.3 is 6.18 Å². The second kappa shape index (κ2) is 8.37. The molecular formula is C18H18ClF3N2O4S. The molecule has 1 aliphatic heterocycles. The normalized spacial score (nSPS) is 18.9. The highest BCUT2D eigenvalue weighted by atomic mass is 35.5. The van der Waals surface area contributed by atoms with E-state index < -0.39 is 33.5 Å². The van der Waals surface area contributed by atoms with Crippen molar-refractivity contribution in [2.45, 2.75) is 25.2 Å². The van der Waals surface area contributed by atoms with Crippen LogP contribution < -0.4 is 5.32 Å². The summed E-state index contributed by atoms with van der Waals surface area (Å²) in [5.41, 5.74) is -1.10. The van der Waals surface area contributed by atoms with Crippen molar-refractivity contribution in [3.05, 3.63) is 52.9 Å². The van der Waals surface area contributed by atoms with E-state index in [0.29, 0.717) is 12.2 Å². The van der Waals surface area contributed by atoms with Gasteiger partial charge in [-0.25, -0.2) is 8.42 Å². The third kappa shape index (κ3) is 5.74. The van der Waals surface area contributed by atoms with E-state index in [1.807, 2.05) is 0 Å². The Hall–Kier alpha value is -2.04. The van der Waals surface area contributed by atoms with Crippen molar-refractivity contribution in [1.29, 1.82) is 0 Å². The van der Waals surface area contributed by atoms with E-state index in [2.05, 4.69) is 5.32 Å². The molecule has 1 N–H and O–H groups in total. The molecule has 1 amide bonds. The number of hydrogen-bond donors (Lipinski definition) is 1. The van der Waals surface area contributed by atoms with E-state index in [1.54, 1.807) is 17.0 Å². The Labute approximate surface area is 170 Å². The number of alkyl halides is 3. The number of carbonyl (C=O) groups is 1. The Balaban J connectivity index is 1.75. The van der Waals surface area contributed by atoms with Gasteiger partial charge in [-0.05, 0) is 36.8 Å². The van der Waals surface area contributed by atoms with Crippen LogP contribution in [0, 0.1) is 0 Å². The molecule has 1 atom stereocenters. The quantitative estimate of drug-likeness (QED) is 0.727. The van der Waals surface area contributed by atoms with Crippen molar-refractivity contribution in [2.75, 3.05) is 23.4 Å². The zero-order chi connectivity index (χ0) is 21.2. The predicted molar refractivity (Wildman–Crippen MR) is 101 cm³/mol. The summed E-state index contributed by atoms with van der Waals surface area (Å²) in [6.07, 6.45) is -2.75. The van der Waals surface area contributed by atoms with E-state index in [1.165, 1.54) is 6.26 Å². The summed E-state index contributed by atoms with van der Waals surface area (Å²) in [6, 6.07) is 5.61. The monoisotopic (exact) mass is 450 g/mol. The summed E-state index contributed by atoms with van der Waals surface area (Å²) < 4.78 is 67.6. The highest BCUT2D eigenvalue weighted by Crippen LogP contribution is 2.33. The topological polar surface area (TPSA) is 79.6 Å². The summed E-state index contributed by atoms with van der Waals surface area (Å²) in [6.45, 7) is -0.0373. The molecule has 1 saturated heterocycles. The van der Waals surface area contributed by atoms with Crippen LogP contribution in [0.3, 0.4) is 0 Å². The molecule has 29 heavy (non-hydrogen) atoms. The lowest BCUT2D eigenvalue weighted by molar-refractivity contribution is -0.137. The van der Waals surface area contributed by atoms with Gasteiger partial charge < -0.3 is 9.73 Å². The summed E-state index contributed by atoms with van der Waals surface area (Å²) in [7, 11) is -3.19. The summed E-state index contributed by atoms with van der Waals surface area (Å²) in [5, 5.41) is 2.35. The minimum Gasteiger partial charge on any atom is -0.468 e. The van der Waals surface area contributed by atoms with Gasteiger partial charge in [0, 0.05) is 6.04 Å². The average molecular weight is 451 g/mol. The van der Waals surface area contributed by atoms with E-state index in [-0.39, 0.29) is 35.3 Å². The third-order valence-electron chi connectivity index (χ3n) is 4.58. The molecule has 3 rings (SSSR count). The average Bonchev–Trinajstić information content (AvgIpc) is 3.24. The van der Waals surface area contributed by atoms with E-state index in [9.17, 15) is 26.4 Å². The Bertz CT molecular complexity index is 977. The summed E-state index contributed by atoms with van der Waals surface area (Å²) >= 11 is 5.92. The second-order valence-corrected chi connectivity index (χ2v) is 9.42. The SMILES string of the molecule is O=C(CN(Cc1ccco1)[C@H]1CCS(=O)(=O)C1)Nc1cc(C(F)(F)F)ccc1Cl. The molecule has 0 saturated carbocycles. The van der Waals surface area contributed by atoms with Crippen molar-refractivity contribution in [2.24, 2.45) is 0 Å². The molecule has 0 bridgehead atoms. The zero-order valence-electron chi connectivity index (χ0n) is 15.1. The minimum atomic E-state index is -4.58. The van der Waals surface area contributed by atoms with Gasteiger partial charge in [0.2, 0.25) is 5.91 Å². The molecule has 2 aromatic rings. The molecule has 1 aromatic heterocycles. The number of hydrogen-bond acceptors (Lipinski definition) is 5. The van der Waals surface area contributed by atoms with Crippen LogP contribution in [-0.2, 0) is 27.4 Å². The molecule has 0 unspecified atom stereocenters. The Morgan fingerprint density at radius 2 is 2.07 bits per heavy atom. The molecule has 11 heteroatoms. The summed E-state index contributed by atoms with van der Waals surface area (Å²) in [4.78, 5) is 14.1. The van der Waals surface area contributed by atoms with Gasteiger partial charge in [0.15, 0.2) is 9.84 Å². The van der Waals surface area contributed by atoms with Crippen molar-refractivity contribution in [3.8, 4) is 0 Å². The number of anilines is 1. The largest absolute Gasteiger partial charge is 0.468 e. The van der Waals surface area contributed by atoms with Crippen LogP contribution in [0.4, 0.5) is 18.9 Å². The summed E-state index contributed by atoms with van der Waals surface area (Å²) in [5.74, 6) is -0.139. The van der Waals surface area contributed by atoms with Crippen LogP contribution in [0.1, 0.15) is 17.7 Å². The van der Waals surface area contributed by atoms with Crippen LogP contribution in [0.2, 0.25) is 5.02 Å². The van der Waals surface area contributed by atoms with Crippen molar-refractivity contribution >= 4 is 33.0 Å². The number of rotatable bonds is 6. The molecule has 1 aliphatic rings. The number of sulfone groups is 1. The van der Waals surface area contributed by atoms with Crippen molar-refractivity contribution in [3.63, 3.8) is 0 Å². The molecule has 1 aromatic carbocycles. The molecule has 2 heterocycles. The number of halogens is 4. The Kier molecular flexibility index (Phi) is 6.25. The van der Waals surface area contributed by atoms with Crippen LogP contribution in [0.25, 0.3) is 0 Å². The minimum absolute atomic E-state index is 0.0212. The highest BCUT2D eigenvalue weighted by Gasteiger charge is 2.34. The number of carbonyl (C=O) groups excluding carboxylic acids is 1. The van der Waals surface area contributed by atoms with Crippen molar-refractivity contribution in [1.82, 2.24) is 4.90 Å². The first-order valence-corrected chi connectivity index (χ1v) is 10.9. The highest BCUT2D eigenvalue weighted by molar-refractivity contribution is 7.91. The predicted octanol–water partition coefficient (Wildman–Crippen LogP) is 3.58. The first-order valence-electron chi connectivity index (χ1n) is 8.67. The lowest BCUT2D eigenvalue weighted by atomic mass is 10.2. The van der Waals surface area contributed by atoms with Gasteiger partial charge in [0.05, 0.1) is 47.1 Å². The smallest absolute Gasteiger partial charge is 0.416 e. The van der Waals surface area contributed by atoms with E-state index in [4.69, 9.17) is 16.0 Å². The number of furan rings is 1. The Morgan fingerprint density at radius 3 is 2.66 bits per heavy atom. The lowest BCUT2D eigenvalue weighted by Crippen LogP contribution is -2.41. The molecule has 0 radical (unpaired) electrons. The fourth-order valence-corrected chi connectivity index (χ4v) is 5.08. The van der Waals surface area contributed by atoms with Crippen LogP contribution in [-0.4, -0.2) is 43.3 Å². The van der Waals surface area contributed by atoms with Crippen LogP contribution >= 0.6 is 11.6 Å². The molecule has 6 nitrogen and oxygen atoms in total. The van der Waals surface area contributed by atoms with Crippen LogP contribution in [0.15, 0.2) is 41.0 Å². The first kappa shape index (κ1) is 21.7. The molecule has 0 aliphatic carbocycles. The van der Waals surface area contributed by atoms with Gasteiger partial charge in [-0.2, -0.15) is 13.2 Å². The van der Waals surface area contributed by atoms with Gasteiger partial charge in [0.25, 0.3) is 0 Å². The number of nitrogens with one attached hydrogen (secondary N) is 1. The molecule has 1 fully saturated rings. The molecular weight excluding hydrogens is 433 g/mol. The maximum atomic E-state index is 12.9. The fourth-order valence-electron chi connectivity index (χ4n) is 3.15. The fraction of sp³-hybridized carbons (Fsp3) is 0.389. The second-order valence-electron chi connectivity index (χ2n) is 6.78. The molecule has 158 valence electrons. The number of benzene rings is 1. The first-order chi connectivity index (χ1) is 13.5. The van der Waals surface area contributed by atoms with Crippen LogP contribution in [0.5, 0.6) is 0 Å². The standard InChI is InChI=1S/C18H18ClF3N2O4S/c19-15-4-3-12(18(20,21)22)8-16(15)23-17(25)10-24(9-14-2-1-6-28-14)13-5-7-29(26,27)11-13/h1-4,6,8,13H,5,7,9-11H2,(H,23,25)/t13-/m0/s1. The van der Waals surface area contributed by atoms with Gasteiger partial charge in [0.1, 0.15) is 5.76 Å². The maximum absolute atomic E-state index is 12.9. The Morgan fingerprint density at radius 1 is 1.31 bits per heavy atom. The van der Waals surface area contributed by atoms with Gasteiger partial charge in [-0.15, -0.1) is 0 Å². The maximum Gasteiger partial charge on any atom is 0.416 e. The van der Waals surface area contributed by atoms with Gasteiger partial charge in [-0.1, -0.05) is 11.6 Å². The van der Waals surface area contributed by atoms with Crippen molar-refractivity contribution < 1.29 is 30.8 Å². The number of amides is 1. The lowest BCUT2D eigenvalue weighted by Gasteiger charge is -2.26.